The van der Waals surface area contributed by atoms with Gasteiger partial charge in [-0.3, -0.25) is 4.98 Å². The highest BCUT2D eigenvalue weighted by atomic mass is 32.2. The molecule has 1 fully saturated rings. The number of nitrogens with zero attached hydrogens (tertiary/aromatic N) is 4. The Kier molecular flexibility index (Phi) is 4.36. The van der Waals surface area contributed by atoms with E-state index in [4.69, 9.17) is 4.98 Å². The molecule has 0 saturated carbocycles. The summed E-state index contributed by atoms with van der Waals surface area (Å²) < 4.78 is 25.7. The number of benzene rings is 1. The monoisotopic (exact) mass is 443 g/mol. The summed E-state index contributed by atoms with van der Waals surface area (Å²) in [4.78, 5) is 13.0. The molecule has 1 aliphatic rings. The van der Waals surface area contributed by atoms with Gasteiger partial charge in [-0.25, -0.2) is 13.4 Å². The molecule has 6 rings (SSSR count). The second kappa shape index (κ2) is 7.27. The molecule has 4 aromatic heterocycles. The number of nitrogens with one attached hydrogen (secondary N) is 1. The first-order valence-corrected chi connectivity index (χ1v) is 12.5. The first kappa shape index (κ1) is 19.2. The fourth-order valence-corrected chi connectivity index (χ4v) is 6.03. The van der Waals surface area contributed by atoms with Crippen molar-refractivity contribution in [1.82, 2.24) is 24.6 Å². The molecule has 1 saturated heterocycles. The van der Waals surface area contributed by atoms with E-state index in [1.165, 1.54) is 0 Å². The fraction of sp³-hybridized carbons (Fsp3) is 0.208. The highest BCUT2D eigenvalue weighted by molar-refractivity contribution is 7.91. The molecule has 0 aliphatic carbocycles. The van der Waals surface area contributed by atoms with E-state index in [0.717, 1.165) is 44.8 Å². The van der Waals surface area contributed by atoms with E-state index in [0.29, 0.717) is 12.8 Å². The highest BCUT2D eigenvalue weighted by Crippen LogP contribution is 2.35. The second-order valence-corrected chi connectivity index (χ2v) is 10.6. The molecule has 0 unspecified atom stereocenters. The Labute approximate surface area is 185 Å². The summed E-state index contributed by atoms with van der Waals surface area (Å²) in [6.45, 7) is 0. The van der Waals surface area contributed by atoms with Crippen LogP contribution in [0.3, 0.4) is 0 Å². The number of sulfone groups is 1. The predicted molar refractivity (Wildman–Crippen MR) is 124 cm³/mol. The van der Waals surface area contributed by atoms with Crippen molar-refractivity contribution < 1.29 is 8.42 Å². The number of hydrogen-bond donors (Lipinski definition) is 1. The molecule has 0 radical (unpaired) electrons. The smallest absolute Gasteiger partial charge is 0.165 e. The average molecular weight is 444 g/mol. The number of aromatic nitrogens is 5. The summed E-state index contributed by atoms with van der Waals surface area (Å²) in [6, 6.07) is 16.1. The molecule has 0 spiro atoms. The Hall–Kier alpha value is -3.52. The van der Waals surface area contributed by atoms with Gasteiger partial charge in [-0.15, -0.1) is 0 Å². The minimum Gasteiger partial charge on any atom is -0.346 e. The van der Waals surface area contributed by atoms with Crippen LogP contribution in [0.2, 0.25) is 0 Å². The largest absolute Gasteiger partial charge is 0.346 e. The third kappa shape index (κ3) is 3.18. The van der Waals surface area contributed by atoms with Crippen LogP contribution in [-0.2, 0) is 9.84 Å². The van der Waals surface area contributed by atoms with Crippen LogP contribution in [0, 0.1) is 0 Å². The molecule has 7 nitrogen and oxygen atoms in total. The minimum atomic E-state index is -2.93. The third-order valence-corrected chi connectivity index (χ3v) is 7.98. The van der Waals surface area contributed by atoms with Gasteiger partial charge in [0, 0.05) is 40.4 Å². The summed E-state index contributed by atoms with van der Waals surface area (Å²) in [6.07, 6.45) is 6.75. The topological polar surface area (TPSA) is 93.0 Å². The lowest BCUT2D eigenvalue weighted by Gasteiger charge is -2.22. The first-order valence-electron chi connectivity index (χ1n) is 10.7. The normalized spacial score (nSPS) is 16.6. The molecule has 1 aromatic carbocycles. The van der Waals surface area contributed by atoms with E-state index < -0.39 is 9.84 Å². The molecular formula is C24H21N5O2S. The first-order chi connectivity index (χ1) is 15.6. The summed E-state index contributed by atoms with van der Waals surface area (Å²) >= 11 is 0. The zero-order valence-corrected chi connectivity index (χ0v) is 18.1. The maximum atomic E-state index is 11.9. The maximum absolute atomic E-state index is 11.9. The van der Waals surface area contributed by atoms with Crippen LogP contribution in [0.25, 0.3) is 39.1 Å². The van der Waals surface area contributed by atoms with Crippen LogP contribution in [0.5, 0.6) is 0 Å². The molecule has 1 N–H and O–H groups in total. The van der Waals surface area contributed by atoms with Gasteiger partial charge in [0.1, 0.15) is 15.5 Å². The molecule has 160 valence electrons. The SMILES string of the molecule is O=S1(=O)CCC(c2nc3c(-c4ccc(-c5ccccc5)nc4)cnn3c3[nH]ccc23)CC1. The van der Waals surface area contributed by atoms with Crippen LogP contribution in [0.15, 0.2) is 67.1 Å². The Morgan fingerprint density at radius 3 is 2.50 bits per heavy atom. The Balaban J connectivity index is 1.45. The summed E-state index contributed by atoms with van der Waals surface area (Å²) in [5.74, 6) is 0.545. The van der Waals surface area contributed by atoms with E-state index >= 15 is 0 Å². The highest BCUT2D eigenvalue weighted by Gasteiger charge is 2.28. The standard InChI is InChI=1S/C24H21N5O2S/c30-32(31)12-9-17(10-13-32)22-19-8-11-25-23(19)29-24(28-22)20(15-27-29)18-6-7-21(26-14-18)16-4-2-1-3-5-16/h1-8,11,14-15,17,25H,9-10,12-13H2. The van der Waals surface area contributed by atoms with Crippen LogP contribution in [-0.4, -0.2) is 44.5 Å². The van der Waals surface area contributed by atoms with Crippen molar-refractivity contribution in [2.75, 3.05) is 11.5 Å². The van der Waals surface area contributed by atoms with E-state index in [1.807, 2.05) is 71.6 Å². The molecule has 0 atom stereocenters. The Morgan fingerprint density at radius 2 is 1.75 bits per heavy atom. The van der Waals surface area contributed by atoms with Gasteiger partial charge in [0.15, 0.2) is 5.65 Å². The number of hydrogen-bond acceptors (Lipinski definition) is 5. The predicted octanol–water partition coefficient (Wildman–Crippen LogP) is 4.23. The van der Waals surface area contributed by atoms with Gasteiger partial charge in [-0.2, -0.15) is 9.61 Å². The van der Waals surface area contributed by atoms with Crippen molar-refractivity contribution in [3.63, 3.8) is 0 Å². The van der Waals surface area contributed by atoms with Gasteiger partial charge in [0.2, 0.25) is 0 Å². The van der Waals surface area contributed by atoms with Gasteiger partial charge in [0.05, 0.1) is 29.1 Å². The third-order valence-electron chi connectivity index (χ3n) is 6.27. The lowest BCUT2D eigenvalue weighted by atomic mass is 9.96. The van der Waals surface area contributed by atoms with Gasteiger partial charge >= 0.3 is 0 Å². The van der Waals surface area contributed by atoms with E-state index in [2.05, 4.69) is 15.1 Å². The number of fused-ring (bicyclic) bond motifs is 3. The van der Waals surface area contributed by atoms with Crippen molar-refractivity contribution in [1.29, 1.82) is 0 Å². The van der Waals surface area contributed by atoms with E-state index in [9.17, 15) is 8.42 Å². The van der Waals surface area contributed by atoms with Crippen LogP contribution in [0.4, 0.5) is 0 Å². The summed E-state index contributed by atoms with van der Waals surface area (Å²) in [5, 5.41) is 5.58. The fourth-order valence-electron chi connectivity index (χ4n) is 4.54. The van der Waals surface area contributed by atoms with Crippen LogP contribution in [0.1, 0.15) is 24.5 Å². The quantitative estimate of drug-likeness (QED) is 0.450. The molecule has 5 aromatic rings. The lowest BCUT2D eigenvalue weighted by Crippen LogP contribution is -2.23. The molecular weight excluding hydrogens is 422 g/mol. The van der Waals surface area contributed by atoms with Crippen molar-refractivity contribution in [3.8, 4) is 22.4 Å². The van der Waals surface area contributed by atoms with Crippen LogP contribution >= 0.6 is 0 Å². The van der Waals surface area contributed by atoms with E-state index in [-0.39, 0.29) is 17.4 Å². The number of pyridine rings is 1. The van der Waals surface area contributed by atoms with Gasteiger partial charge in [0.25, 0.3) is 0 Å². The number of rotatable bonds is 3. The molecule has 8 heteroatoms. The Bertz CT molecular complexity index is 1520. The lowest BCUT2D eigenvalue weighted by molar-refractivity contribution is 0.546. The average Bonchev–Trinajstić information content (AvgIpc) is 3.46. The minimum absolute atomic E-state index is 0.114. The molecule has 0 amide bonds. The van der Waals surface area contributed by atoms with Crippen LogP contribution < -0.4 is 0 Å². The van der Waals surface area contributed by atoms with Crippen molar-refractivity contribution in [2.45, 2.75) is 18.8 Å². The molecule has 5 heterocycles. The molecule has 0 bridgehead atoms. The van der Waals surface area contributed by atoms with Crippen molar-refractivity contribution in [3.05, 3.63) is 72.8 Å². The molecule has 1 aliphatic heterocycles. The number of H-pyrrole nitrogens is 1. The van der Waals surface area contributed by atoms with Gasteiger partial charge in [-0.05, 0) is 25.0 Å². The van der Waals surface area contributed by atoms with Gasteiger partial charge < -0.3 is 4.98 Å². The van der Waals surface area contributed by atoms with Crippen molar-refractivity contribution in [2.24, 2.45) is 0 Å². The summed E-state index contributed by atoms with van der Waals surface area (Å²) in [5.41, 5.74) is 6.39. The van der Waals surface area contributed by atoms with Crippen molar-refractivity contribution >= 4 is 26.5 Å². The van der Waals surface area contributed by atoms with Gasteiger partial charge in [-0.1, -0.05) is 36.4 Å². The Morgan fingerprint density at radius 1 is 0.938 bits per heavy atom. The molecule has 32 heavy (non-hydrogen) atoms. The summed E-state index contributed by atoms with van der Waals surface area (Å²) in [7, 11) is -2.93. The second-order valence-electron chi connectivity index (χ2n) is 8.25. The zero-order valence-electron chi connectivity index (χ0n) is 17.3. The number of aromatic amines is 1. The zero-order chi connectivity index (χ0) is 21.7. The maximum Gasteiger partial charge on any atom is 0.165 e. The van der Waals surface area contributed by atoms with E-state index in [1.54, 1.807) is 0 Å².